The van der Waals surface area contributed by atoms with Crippen molar-refractivity contribution in [2.24, 2.45) is 0 Å². The predicted molar refractivity (Wildman–Crippen MR) is 86.3 cm³/mol. The van der Waals surface area contributed by atoms with Gasteiger partial charge in [0.1, 0.15) is 0 Å². The molecule has 0 aliphatic rings. The van der Waals surface area contributed by atoms with Gasteiger partial charge in [0.25, 0.3) is 5.56 Å². The first-order chi connectivity index (χ1) is 9.61. The van der Waals surface area contributed by atoms with Crippen LogP contribution in [0.1, 0.15) is 70.6 Å². The molecule has 3 heteroatoms. The lowest BCUT2D eigenvalue weighted by Gasteiger charge is -2.17. The Hall–Kier alpha value is -1.09. The lowest BCUT2D eigenvalue weighted by atomic mass is 10.1. The van der Waals surface area contributed by atoms with E-state index in [1.165, 1.54) is 12.8 Å². The van der Waals surface area contributed by atoms with E-state index in [1.807, 2.05) is 10.6 Å². The maximum absolute atomic E-state index is 12.6. The van der Waals surface area contributed by atoms with Crippen LogP contribution in [-0.4, -0.2) is 11.1 Å². The summed E-state index contributed by atoms with van der Waals surface area (Å²) in [6.07, 6.45) is 4.54. The van der Waals surface area contributed by atoms with Crippen LogP contribution in [0.5, 0.6) is 0 Å². The van der Waals surface area contributed by atoms with Gasteiger partial charge in [0.05, 0.1) is 0 Å². The number of pyridine rings is 1. The van der Waals surface area contributed by atoms with Gasteiger partial charge in [0, 0.05) is 24.3 Å². The highest BCUT2D eigenvalue weighted by atomic mass is 16.1. The molecule has 0 fully saturated rings. The fourth-order valence-electron chi connectivity index (χ4n) is 2.43. The number of unbranched alkanes of at least 4 members (excludes halogenated alkanes) is 2. The van der Waals surface area contributed by atoms with Gasteiger partial charge >= 0.3 is 0 Å². The van der Waals surface area contributed by atoms with Gasteiger partial charge < -0.3 is 9.88 Å². The van der Waals surface area contributed by atoms with Gasteiger partial charge in [-0.25, -0.2) is 0 Å². The maximum Gasteiger partial charge on any atom is 0.255 e. The summed E-state index contributed by atoms with van der Waals surface area (Å²) in [7, 11) is 0. The Morgan fingerprint density at radius 3 is 2.50 bits per heavy atom. The van der Waals surface area contributed by atoms with E-state index in [0.717, 1.165) is 37.2 Å². The Morgan fingerprint density at radius 2 is 1.90 bits per heavy atom. The Labute approximate surface area is 123 Å². The number of rotatable bonds is 9. The third-order valence-electron chi connectivity index (χ3n) is 3.61. The SMILES string of the molecule is CCCCCn1c(C(C)C)ccc(CNCCC)c1=O. The molecule has 1 rings (SSSR count). The highest BCUT2D eigenvalue weighted by molar-refractivity contribution is 5.18. The third kappa shape index (κ3) is 4.78. The van der Waals surface area contributed by atoms with Crippen LogP contribution in [0.3, 0.4) is 0 Å². The zero-order chi connectivity index (χ0) is 15.0. The third-order valence-corrected chi connectivity index (χ3v) is 3.61. The van der Waals surface area contributed by atoms with Gasteiger partial charge in [-0.2, -0.15) is 0 Å². The molecule has 0 atom stereocenters. The van der Waals surface area contributed by atoms with Gasteiger partial charge in [0.2, 0.25) is 0 Å². The largest absolute Gasteiger partial charge is 0.312 e. The number of nitrogens with one attached hydrogen (secondary N) is 1. The van der Waals surface area contributed by atoms with Gasteiger partial charge in [-0.1, -0.05) is 46.6 Å². The highest BCUT2D eigenvalue weighted by Gasteiger charge is 2.11. The van der Waals surface area contributed by atoms with Gasteiger partial charge in [0.15, 0.2) is 0 Å². The van der Waals surface area contributed by atoms with Gasteiger partial charge in [-0.05, 0) is 31.4 Å². The molecule has 0 amide bonds. The smallest absolute Gasteiger partial charge is 0.255 e. The van der Waals surface area contributed by atoms with E-state index >= 15 is 0 Å². The molecule has 0 radical (unpaired) electrons. The fraction of sp³-hybridized carbons (Fsp3) is 0.706. The van der Waals surface area contributed by atoms with Crippen LogP contribution in [-0.2, 0) is 13.1 Å². The average molecular weight is 278 g/mol. The Kier molecular flexibility index (Phi) is 7.60. The second-order valence-corrected chi connectivity index (χ2v) is 5.78. The number of aromatic nitrogens is 1. The normalized spacial score (nSPS) is 11.2. The van der Waals surface area contributed by atoms with Crippen molar-refractivity contribution in [2.45, 2.75) is 72.4 Å². The van der Waals surface area contributed by atoms with Crippen LogP contribution < -0.4 is 10.9 Å². The molecule has 1 aromatic rings. The minimum absolute atomic E-state index is 0.191. The first-order valence-corrected chi connectivity index (χ1v) is 8.05. The summed E-state index contributed by atoms with van der Waals surface area (Å²) in [5, 5.41) is 3.32. The molecule has 0 aliphatic heterocycles. The van der Waals surface area contributed by atoms with Crippen LogP contribution >= 0.6 is 0 Å². The second-order valence-electron chi connectivity index (χ2n) is 5.78. The van der Waals surface area contributed by atoms with E-state index in [2.05, 4.69) is 39.1 Å². The number of hydrogen-bond donors (Lipinski definition) is 1. The van der Waals surface area contributed by atoms with Gasteiger partial charge in [-0.15, -0.1) is 0 Å². The maximum atomic E-state index is 12.6. The molecule has 1 N–H and O–H groups in total. The fourth-order valence-corrected chi connectivity index (χ4v) is 2.43. The summed E-state index contributed by atoms with van der Waals surface area (Å²) in [5.41, 5.74) is 2.24. The van der Waals surface area contributed by atoms with E-state index in [1.54, 1.807) is 0 Å². The molecule has 114 valence electrons. The highest BCUT2D eigenvalue weighted by Crippen LogP contribution is 2.14. The molecule has 3 nitrogen and oxygen atoms in total. The lowest BCUT2D eigenvalue weighted by molar-refractivity contribution is 0.545. The van der Waals surface area contributed by atoms with E-state index in [0.29, 0.717) is 12.5 Å². The van der Waals surface area contributed by atoms with Crippen molar-refractivity contribution >= 4 is 0 Å². The standard InChI is InChI=1S/C17H30N2O/c1-5-7-8-12-19-16(14(3)4)10-9-15(17(19)20)13-18-11-6-2/h9-10,14,18H,5-8,11-13H2,1-4H3. The lowest BCUT2D eigenvalue weighted by Crippen LogP contribution is -2.30. The van der Waals surface area contributed by atoms with Crippen molar-refractivity contribution < 1.29 is 0 Å². The summed E-state index contributed by atoms with van der Waals surface area (Å²) < 4.78 is 1.99. The molecule has 0 aliphatic carbocycles. The van der Waals surface area contributed by atoms with Gasteiger partial charge in [-0.3, -0.25) is 4.79 Å². The molecule has 1 heterocycles. The average Bonchev–Trinajstić information content (AvgIpc) is 2.42. The zero-order valence-corrected chi connectivity index (χ0v) is 13.5. The van der Waals surface area contributed by atoms with Crippen LogP contribution in [0.25, 0.3) is 0 Å². The summed E-state index contributed by atoms with van der Waals surface area (Å²) in [6, 6.07) is 4.12. The molecule has 0 spiro atoms. The monoisotopic (exact) mass is 278 g/mol. The van der Waals surface area contributed by atoms with Crippen molar-refractivity contribution in [1.29, 1.82) is 0 Å². The Balaban J connectivity index is 2.94. The summed E-state index contributed by atoms with van der Waals surface area (Å²) in [6.45, 7) is 11.1. The molecule has 1 aromatic heterocycles. The topological polar surface area (TPSA) is 34.0 Å². The molecule has 0 saturated carbocycles. The van der Waals surface area contributed by atoms with E-state index in [9.17, 15) is 4.79 Å². The molecular weight excluding hydrogens is 248 g/mol. The summed E-state index contributed by atoms with van der Waals surface area (Å²) in [5.74, 6) is 0.391. The van der Waals surface area contributed by atoms with Crippen LogP contribution in [0.4, 0.5) is 0 Å². The first kappa shape index (κ1) is 17.0. The van der Waals surface area contributed by atoms with Crippen molar-refractivity contribution in [3.05, 3.63) is 33.7 Å². The van der Waals surface area contributed by atoms with Crippen molar-refractivity contribution in [3.63, 3.8) is 0 Å². The molecule has 0 unspecified atom stereocenters. The predicted octanol–water partition coefficient (Wildman–Crippen LogP) is 3.66. The van der Waals surface area contributed by atoms with E-state index in [-0.39, 0.29) is 5.56 Å². The number of hydrogen-bond acceptors (Lipinski definition) is 2. The quantitative estimate of drug-likeness (QED) is 0.699. The van der Waals surface area contributed by atoms with Crippen LogP contribution in [0.2, 0.25) is 0 Å². The summed E-state index contributed by atoms with van der Waals surface area (Å²) >= 11 is 0. The van der Waals surface area contributed by atoms with Crippen LogP contribution in [0.15, 0.2) is 16.9 Å². The minimum atomic E-state index is 0.191. The summed E-state index contributed by atoms with van der Waals surface area (Å²) in [4.78, 5) is 12.6. The molecular formula is C17H30N2O. The second kappa shape index (κ2) is 8.96. The Morgan fingerprint density at radius 1 is 1.15 bits per heavy atom. The molecule has 0 bridgehead atoms. The van der Waals surface area contributed by atoms with Crippen LogP contribution in [0, 0.1) is 0 Å². The van der Waals surface area contributed by atoms with Crippen molar-refractivity contribution in [3.8, 4) is 0 Å². The number of nitrogens with zero attached hydrogens (tertiary/aromatic N) is 1. The zero-order valence-electron chi connectivity index (χ0n) is 13.5. The molecule has 0 aromatic carbocycles. The van der Waals surface area contributed by atoms with E-state index in [4.69, 9.17) is 0 Å². The van der Waals surface area contributed by atoms with Crippen molar-refractivity contribution in [2.75, 3.05) is 6.54 Å². The van der Waals surface area contributed by atoms with Crippen molar-refractivity contribution in [1.82, 2.24) is 9.88 Å². The van der Waals surface area contributed by atoms with E-state index < -0.39 is 0 Å². The minimum Gasteiger partial charge on any atom is -0.312 e. The first-order valence-electron chi connectivity index (χ1n) is 8.05. The Bertz CT molecular complexity index is 449. The molecule has 0 saturated heterocycles. The molecule has 20 heavy (non-hydrogen) atoms.